The van der Waals surface area contributed by atoms with Crippen molar-refractivity contribution in [1.82, 2.24) is 10.6 Å². The average molecular weight is 306 g/mol. The number of alkyl carbamates (subject to hydrolysis) is 1. The van der Waals surface area contributed by atoms with Gasteiger partial charge in [0.05, 0.1) is 0 Å². The summed E-state index contributed by atoms with van der Waals surface area (Å²) in [4.78, 5) is 11.6. The van der Waals surface area contributed by atoms with Crippen molar-refractivity contribution in [1.29, 1.82) is 0 Å². The van der Waals surface area contributed by atoms with Crippen molar-refractivity contribution in [3.63, 3.8) is 0 Å². The van der Waals surface area contributed by atoms with Crippen LogP contribution in [0.15, 0.2) is 24.3 Å². The molecule has 1 aromatic carbocycles. The van der Waals surface area contributed by atoms with Crippen molar-refractivity contribution in [3.8, 4) is 5.75 Å². The Bertz CT molecular complexity index is 486. The lowest BCUT2D eigenvalue weighted by Gasteiger charge is -2.21. The molecular weight excluding hydrogens is 280 g/mol. The van der Waals surface area contributed by atoms with E-state index in [2.05, 4.69) is 16.7 Å². The number of fused-ring (bicyclic) bond motifs is 1. The number of ether oxygens (including phenoxy) is 2. The monoisotopic (exact) mass is 306 g/mol. The number of amides is 1. The van der Waals surface area contributed by atoms with Gasteiger partial charge in [0.2, 0.25) is 0 Å². The van der Waals surface area contributed by atoms with Crippen LogP contribution < -0.4 is 15.4 Å². The minimum absolute atomic E-state index is 0.153. The van der Waals surface area contributed by atoms with Gasteiger partial charge in [0.25, 0.3) is 0 Å². The Morgan fingerprint density at radius 1 is 1.41 bits per heavy atom. The van der Waals surface area contributed by atoms with Crippen LogP contribution in [0.1, 0.15) is 33.3 Å². The maximum atomic E-state index is 11.6. The number of carbonyl (C=O) groups excluding carboxylic acids is 1. The van der Waals surface area contributed by atoms with Crippen LogP contribution in [0.3, 0.4) is 0 Å². The highest BCUT2D eigenvalue weighted by Gasteiger charge is 2.22. The number of para-hydroxylation sites is 1. The Morgan fingerprint density at radius 3 is 2.82 bits per heavy atom. The highest BCUT2D eigenvalue weighted by molar-refractivity contribution is 5.67. The molecule has 2 unspecified atom stereocenters. The van der Waals surface area contributed by atoms with E-state index in [4.69, 9.17) is 9.47 Å². The van der Waals surface area contributed by atoms with Crippen LogP contribution in [-0.4, -0.2) is 36.9 Å². The van der Waals surface area contributed by atoms with Crippen LogP contribution in [0, 0.1) is 0 Å². The van der Waals surface area contributed by atoms with Gasteiger partial charge in [0, 0.05) is 25.6 Å². The van der Waals surface area contributed by atoms with Gasteiger partial charge >= 0.3 is 6.09 Å². The number of hydrogen-bond donors (Lipinski definition) is 2. The van der Waals surface area contributed by atoms with E-state index in [0.29, 0.717) is 6.54 Å². The molecule has 5 nitrogen and oxygen atoms in total. The second-order valence-electron chi connectivity index (χ2n) is 6.74. The van der Waals surface area contributed by atoms with Crippen molar-refractivity contribution < 1.29 is 14.3 Å². The van der Waals surface area contributed by atoms with Gasteiger partial charge in [-0.2, -0.15) is 0 Å². The molecule has 1 amide bonds. The molecule has 122 valence electrons. The Kier molecular flexibility index (Phi) is 5.29. The lowest BCUT2D eigenvalue weighted by atomic mass is 10.1. The van der Waals surface area contributed by atoms with E-state index < -0.39 is 5.60 Å². The van der Waals surface area contributed by atoms with E-state index in [9.17, 15) is 4.79 Å². The Morgan fingerprint density at radius 2 is 2.14 bits per heavy atom. The third-order valence-corrected chi connectivity index (χ3v) is 3.36. The normalized spacial score (nSPS) is 18.3. The Balaban J connectivity index is 1.65. The van der Waals surface area contributed by atoms with Gasteiger partial charge in [-0.15, -0.1) is 0 Å². The summed E-state index contributed by atoms with van der Waals surface area (Å²) in [6.45, 7) is 8.86. The third-order valence-electron chi connectivity index (χ3n) is 3.36. The zero-order valence-corrected chi connectivity index (χ0v) is 13.8. The van der Waals surface area contributed by atoms with Gasteiger partial charge in [-0.05, 0) is 39.3 Å². The Hall–Kier alpha value is -1.75. The molecule has 0 bridgehead atoms. The van der Waals surface area contributed by atoms with E-state index in [0.717, 1.165) is 18.7 Å². The summed E-state index contributed by atoms with van der Waals surface area (Å²) in [7, 11) is 0. The molecule has 0 spiro atoms. The van der Waals surface area contributed by atoms with Crippen molar-refractivity contribution in [3.05, 3.63) is 29.8 Å². The molecule has 0 saturated carbocycles. The van der Waals surface area contributed by atoms with Crippen LogP contribution in [0.4, 0.5) is 4.79 Å². The summed E-state index contributed by atoms with van der Waals surface area (Å²) >= 11 is 0. The summed E-state index contributed by atoms with van der Waals surface area (Å²) in [5.41, 5.74) is 0.790. The minimum Gasteiger partial charge on any atom is -0.488 e. The molecule has 0 aliphatic carbocycles. The molecule has 0 aromatic heterocycles. The summed E-state index contributed by atoms with van der Waals surface area (Å²) < 4.78 is 11.1. The van der Waals surface area contributed by atoms with E-state index in [1.165, 1.54) is 5.56 Å². The van der Waals surface area contributed by atoms with Crippen molar-refractivity contribution in [2.75, 3.05) is 13.1 Å². The number of benzene rings is 1. The van der Waals surface area contributed by atoms with Crippen LogP contribution in [0.25, 0.3) is 0 Å². The zero-order valence-electron chi connectivity index (χ0n) is 13.8. The molecule has 1 heterocycles. The standard InChI is InChI=1S/C17H26N2O3/c1-12(10-19-16(20)22-17(2,3)4)18-11-14-9-13-7-5-6-8-15(13)21-14/h5-8,12,14,18H,9-11H2,1-4H3,(H,19,20). The molecule has 0 saturated heterocycles. The average Bonchev–Trinajstić information content (AvgIpc) is 2.84. The fourth-order valence-corrected chi connectivity index (χ4v) is 2.32. The molecule has 0 radical (unpaired) electrons. The minimum atomic E-state index is -0.468. The first kappa shape index (κ1) is 16.6. The molecule has 5 heteroatoms. The molecule has 2 N–H and O–H groups in total. The van der Waals surface area contributed by atoms with Crippen LogP contribution >= 0.6 is 0 Å². The largest absolute Gasteiger partial charge is 0.488 e. The summed E-state index contributed by atoms with van der Waals surface area (Å²) in [5, 5.41) is 6.15. The molecule has 2 atom stereocenters. The lowest BCUT2D eigenvalue weighted by Crippen LogP contribution is -2.44. The topological polar surface area (TPSA) is 59.6 Å². The van der Waals surface area contributed by atoms with Crippen LogP contribution in [0.2, 0.25) is 0 Å². The first-order valence-corrected chi connectivity index (χ1v) is 7.78. The molecule has 0 fully saturated rings. The van der Waals surface area contributed by atoms with Crippen LogP contribution in [0.5, 0.6) is 5.75 Å². The Labute approximate surface area is 132 Å². The molecule has 1 aliphatic heterocycles. The summed E-state index contributed by atoms with van der Waals surface area (Å²) in [5.74, 6) is 0.980. The SMILES string of the molecule is CC(CNC(=O)OC(C)(C)C)NCC1Cc2ccccc2O1. The maximum absolute atomic E-state index is 11.6. The number of carbonyl (C=O) groups is 1. The second kappa shape index (κ2) is 7.01. The van der Waals surface area contributed by atoms with E-state index in [-0.39, 0.29) is 18.2 Å². The van der Waals surface area contributed by atoms with E-state index in [1.807, 2.05) is 45.9 Å². The quantitative estimate of drug-likeness (QED) is 0.877. The van der Waals surface area contributed by atoms with E-state index in [1.54, 1.807) is 0 Å². The number of nitrogens with one attached hydrogen (secondary N) is 2. The first-order chi connectivity index (χ1) is 10.3. The molecule has 1 aliphatic rings. The number of hydrogen-bond acceptors (Lipinski definition) is 4. The van der Waals surface area contributed by atoms with Gasteiger partial charge in [0.15, 0.2) is 0 Å². The number of rotatable bonds is 5. The fraction of sp³-hybridized carbons (Fsp3) is 0.588. The van der Waals surface area contributed by atoms with Crippen LogP contribution in [-0.2, 0) is 11.2 Å². The van der Waals surface area contributed by atoms with Gasteiger partial charge in [-0.3, -0.25) is 0 Å². The highest BCUT2D eigenvalue weighted by atomic mass is 16.6. The predicted octanol–water partition coefficient (Wildman–Crippen LogP) is 2.49. The van der Waals surface area contributed by atoms with Gasteiger partial charge in [-0.1, -0.05) is 18.2 Å². The molecule has 1 aromatic rings. The highest BCUT2D eigenvalue weighted by Crippen LogP contribution is 2.27. The molecular formula is C17H26N2O3. The van der Waals surface area contributed by atoms with Crippen molar-refractivity contribution in [2.45, 2.75) is 51.9 Å². The van der Waals surface area contributed by atoms with Gasteiger partial charge < -0.3 is 20.1 Å². The smallest absolute Gasteiger partial charge is 0.407 e. The fourth-order valence-electron chi connectivity index (χ4n) is 2.32. The molecule has 22 heavy (non-hydrogen) atoms. The lowest BCUT2D eigenvalue weighted by molar-refractivity contribution is 0.0523. The summed E-state index contributed by atoms with van der Waals surface area (Å²) in [6, 6.07) is 8.28. The second-order valence-corrected chi connectivity index (χ2v) is 6.74. The van der Waals surface area contributed by atoms with E-state index >= 15 is 0 Å². The third kappa shape index (κ3) is 5.22. The predicted molar refractivity (Wildman–Crippen MR) is 86.3 cm³/mol. The summed E-state index contributed by atoms with van der Waals surface area (Å²) in [6.07, 6.45) is 0.696. The van der Waals surface area contributed by atoms with Gasteiger partial charge in [-0.25, -0.2) is 4.79 Å². The van der Waals surface area contributed by atoms with Gasteiger partial charge in [0.1, 0.15) is 17.5 Å². The first-order valence-electron chi connectivity index (χ1n) is 7.78. The van der Waals surface area contributed by atoms with Crippen molar-refractivity contribution in [2.24, 2.45) is 0 Å². The zero-order chi connectivity index (χ0) is 16.2. The maximum Gasteiger partial charge on any atom is 0.407 e. The molecule has 2 rings (SSSR count). The van der Waals surface area contributed by atoms with Crippen molar-refractivity contribution >= 4 is 6.09 Å².